The Bertz CT molecular complexity index is 476. The topological polar surface area (TPSA) is 38.3 Å². The van der Waals surface area contributed by atoms with Crippen molar-refractivity contribution in [3.63, 3.8) is 0 Å². The van der Waals surface area contributed by atoms with Crippen LogP contribution in [-0.2, 0) is 10.2 Å². The number of amides is 1. The van der Waals surface area contributed by atoms with E-state index in [-0.39, 0.29) is 17.7 Å². The molecule has 0 aliphatic heterocycles. The summed E-state index contributed by atoms with van der Waals surface area (Å²) in [4.78, 5) is 11.2. The second-order valence-corrected chi connectivity index (χ2v) is 5.39. The van der Waals surface area contributed by atoms with Gasteiger partial charge in [-0.2, -0.15) is 8.78 Å². The first-order valence-corrected chi connectivity index (χ1v) is 6.23. The molecule has 1 aromatic carbocycles. The van der Waals surface area contributed by atoms with Gasteiger partial charge in [-0.05, 0) is 23.1 Å². The monoisotopic (exact) mass is 283 g/mol. The molecule has 0 saturated carbocycles. The normalized spacial score (nSPS) is 11.8. The first kappa shape index (κ1) is 16.1. The molecule has 0 aliphatic carbocycles. The molecule has 1 aromatic rings. The largest absolute Gasteiger partial charge is 0.482 e. The van der Waals surface area contributed by atoms with Crippen LogP contribution in [0.5, 0.6) is 5.75 Å². The van der Waals surface area contributed by atoms with Crippen LogP contribution in [0.15, 0.2) is 36.9 Å². The molecule has 0 aliphatic rings. The summed E-state index contributed by atoms with van der Waals surface area (Å²) in [6.45, 7) is 9.33. The van der Waals surface area contributed by atoms with Gasteiger partial charge in [-0.25, -0.2) is 0 Å². The number of rotatable bonds is 5. The average molecular weight is 283 g/mol. The highest BCUT2D eigenvalue weighted by atomic mass is 19.3. The van der Waals surface area contributed by atoms with E-state index in [0.717, 1.165) is 5.56 Å². The summed E-state index contributed by atoms with van der Waals surface area (Å²) in [5.74, 6) is -1.55. The molecule has 20 heavy (non-hydrogen) atoms. The van der Waals surface area contributed by atoms with Crippen molar-refractivity contribution in [3.05, 3.63) is 42.5 Å². The molecule has 0 fully saturated rings. The molecule has 0 radical (unpaired) electrons. The smallest absolute Gasteiger partial charge is 0.425 e. The standard InChI is InChI=1S/C15H19F2NO2/c1-5-10-18-13(19)15(16,17)20-12-8-6-11(7-9-12)14(2,3)4/h5-9H,1,10H2,2-4H3,(H,18,19). The molecular formula is C15H19F2NO2. The van der Waals surface area contributed by atoms with Crippen LogP contribution in [0, 0.1) is 0 Å². The van der Waals surface area contributed by atoms with Gasteiger partial charge in [0.2, 0.25) is 0 Å². The number of halogens is 2. The molecule has 0 spiro atoms. The molecule has 0 heterocycles. The van der Waals surface area contributed by atoms with Gasteiger partial charge in [0.1, 0.15) is 5.75 Å². The van der Waals surface area contributed by atoms with Gasteiger partial charge in [0.15, 0.2) is 0 Å². The minimum atomic E-state index is -3.91. The Balaban J connectivity index is 2.77. The molecule has 3 nitrogen and oxygen atoms in total. The van der Waals surface area contributed by atoms with Crippen LogP contribution in [0.2, 0.25) is 0 Å². The lowest BCUT2D eigenvalue weighted by atomic mass is 9.87. The van der Waals surface area contributed by atoms with Crippen LogP contribution in [0.1, 0.15) is 26.3 Å². The quantitative estimate of drug-likeness (QED) is 0.842. The highest BCUT2D eigenvalue weighted by Crippen LogP contribution is 2.27. The van der Waals surface area contributed by atoms with Crippen molar-refractivity contribution < 1.29 is 18.3 Å². The number of hydrogen-bond acceptors (Lipinski definition) is 2. The second kappa shape index (κ2) is 6.03. The van der Waals surface area contributed by atoms with Gasteiger partial charge in [-0.3, -0.25) is 4.79 Å². The predicted octanol–water partition coefficient (Wildman–Crippen LogP) is 3.26. The summed E-state index contributed by atoms with van der Waals surface area (Å²) >= 11 is 0. The Morgan fingerprint density at radius 3 is 2.30 bits per heavy atom. The Morgan fingerprint density at radius 2 is 1.85 bits per heavy atom. The summed E-state index contributed by atoms with van der Waals surface area (Å²) in [5, 5.41) is 2.00. The summed E-state index contributed by atoms with van der Waals surface area (Å²) in [6.07, 6.45) is -2.60. The molecule has 0 atom stereocenters. The van der Waals surface area contributed by atoms with Crippen LogP contribution in [0.4, 0.5) is 8.78 Å². The van der Waals surface area contributed by atoms with E-state index in [0.29, 0.717) is 0 Å². The average Bonchev–Trinajstić information content (AvgIpc) is 2.34. The van der Waals surface area contributed by atoms with Crippen LogP contribution >= 0.6 is 0 Å². The van der Waals surface area contributed by atoms with E-state index in [2.05, 4.69) is 11.3 Å². The summed E-state index contributed by atoms with van der Waals surface area (Å²) in [6, 6.07) is 6.25. The molecule has 0 unspecified atom stereocenters. The van der Waals surface area contributed by atoms with E-state index in [1.54, 1.807) is 12.1 Å². The summed E-state index contributed by atoms with van der Waals surface area (Å²) in [5.41, 5.74) is 0.909. The second-order valence-electron chi connectivity index (χ2n) is 5.39. The van der Waals surface area contributed by atoms with Crippen molar-refractivity contribution in [2.45, 2.75) is 32.3 Å². The Kier molecular flexibility index (Phi) is 4.87. The zero-order chi connectivity index (χ0) is 15.4. The SMILES string of the molecule is C=CCNC(=O)C(F)(F)Oc1ccc(C(C)(C)C)cc1. The minimum Gasteiger partial charge on any atom is -0.425 e. The fourth-order valence-electron chi connectivity index (χ4n) is 1.49. The third kappa shape index (κ3) is 4.33. The molecule has 0 bridgehead atoms. The van der Waals surface area contributed by atoms with Gasteiger partial charge < -0.3 is 10.1 Å². The fourth-order valence-corrected chi connectivity index (χ4v) is 1.49. The third-order valence-electron chi connectivity index (χ3n) is 2.64. The maximum absolute atomic E-state index is 13.5. The predicted molar refractivity (Wildman–Crippen MR) is 73.9 cm³/mol. The molecular weight excluding hydrogens is 264 g/mol. The lowest BCUT2D eigenvalue weighted by molar-refractivity contribution is -0.192. The van der Waals surface area contributed by atoms with E-state index in [4.69, 9.17) is 0 Å². The number of ether oxygens (including phenoxy) is 1. The van der Waals surface area contributed by atoms with Gasteiger partial charge in [-0.15, -0.1) is 6.58 Å². The van der Waals surface area contributed by atoms with Crippen molar-refractivity contribution in [2.24, 2.45) is 0 Å². The number of carbonyl (C=O) groups excluding carboxylic acids is 1. The molecule has 5 heteroatoms. The minimum absolute atomic E-state index is 0.0409. The maximum Gasteiger partial charge on any atom is 0.482 e. The lowest BCUT2D eigenvalue weighted by Crippen LogP contribution is -2.44. The third-order valence-corrected chi connectivity index (χ3v) is 2.64. The number of benzene rings is 1. The van der Waals surface area contributed by atoms with Crippen LogP contribution in [-0.4, -0.2) is 18.6 Å². The van der Waals surface area contributed by atoms with Crippen molar-refractivity contribution in [3.8, 4) is 5.75 Å². The van der Waals surface area contributed by atoms with Crippen molar-refractivity contribution in [1.29, 1.82) is 0 Å². The Hall–Kier alpha value is -1.91. The first-order valence-electron chi connectivity index (χ1n) is 6.23. The van der Waals surface area contributed by atoms with Crippen molar-refractivity contribution in [2.75, 3.05) is 6.54 Å². The van der Waals surface area contributed by atoms with Crippen LogP contribution in [0.3, 0.4) is 0 Å². The number of alkyl halides is 2. The number of carbonyl (C=O) groups is 1. The van der Waals surface area contributed by atoms with E-state index < -0.39 is 12.0 Å². The Labute approximate surface area is 117 Å². The zero-order valence-electron chi connectivity index (χ0n) is 11.9. The maximum atomic E-state index is 13.5. The molecule has 0 aromatic heterocycles. The van der Waals surface area contributed by atoms with Gasteiger partial charge in [-0.1, -0.05) is 39.0 Å². The summed E-state index contributed by atoms with van der Waals surface area (Å²) in [7, 11) is 0. The van der Waals surface area contributed by atoms with Gasteiger partial charge in [0.05, 0.1) is 0 Å². The van der Waals surface area contributed by atoms with E-state index in [9.17, 15) is 13.6 Å². The highest BCUT2D eigenvalue weighted by molar-refractivity contribution is 5.82. The van der Waals surface area contributed by atoms with Crippen LogP contribution in [0.25, 0.3) is 0 Å². The van der Waals surface area contributed by atoms with Crippen molar-refractivity contribution in [1.82, 2.24) is 5.32 Å². The molecule has 1 N–H and O–H groups in total. The fraction of sp³-hybridized carbons (Fsp3) is 0.400. The molecule has 1 rings (SSSR count). The van der Waals surface area contributed by atoms with Crippen LogP contribution < -0.4 is 10.1 Å². The van der Waals surface area contributed by atoms with E-state index >= 15 is 0 Å². The summed E-state index contributed by atoms with van der Waals surface area (Å²) < 4.78 is 31.4. The van der Waals surface area contributed by atoms with Gasteiger partial charge >= 0.3 is 12.0 Å². The Morgan fingerprint density at radius 1 is 1.30 bits per heavy atom. The molecule has 110 valence electrons. The van der Waals surface area contributed by atoms with E-state index in [1.807, 2.05) is 26.1 Å². The molecule has 1 amide bonds. The van der Waals surface area contributed by atoms with Gasteiger partial charge in [0, 0.05) is 6.54 Å². The highest BCUT2D eigenvalue weighted by Gasteiger charge is 2.41. The van der Waals surface area contributed by atoms with E-state index in [1.165, 1.54) is 18.2 Å². The van der Waals surface area contributed by atoms with Crippen molar-refractivity contribution >= 4 is 5.91 Å². The number of nitrogens with one attached hydrogen (secondary N) is 1. The number of hydrogen-bond donors (Lipinski definition) is 1. The molecule has 0 saturated heterocycles. The zero-order valence-corrected chi connectivity index (χ0v) is 11.9. The first-order chi connectivity index (χ1) is 9.16. The lowest BCUT2D eigenvalue weighted by Gasteiger charge is -2.20. The van der Waals surface area contributed by atoms with Gasteiger partial charge in [0.25, 0.3) is 0 Å².